The number of aromatic nitrogens is 2. The van der Waals surface area contributed by atoms with Gasteiger partial charge in [-0.3, -0.25) is 0 Å². The van der Waals surface area contributed by atoms with E-state index in [1.54, 1.807) is 6.92 Å². The number of carbonyl (C=O) groups is 1. The first kappa shape index (κ1) is 21.5. The number of nitrogens with zero attached hydrogens (tertiary/aromatic N) is 4. The predicted octanol–water partition coefficient (Wildman–Crippen LogP) is 3.03. The molecule has 3 rings (SSSR count). The van der Waals surface area contributed by atoms with E-state index in [1.807, 2.05) is 4.90 Å². The number of rotatable bonds is 7. The SMILES string of the molecule is CCN(Cc1ncc(C(=O)O)c(N2CCCCC2)n1)S(=O)(=O)c1ccc(Cl)cc1. The number of hydrogen-bond acceptors (Lipinski definition) is 6. The van der Waals surface area contributed by atoms with Crippen LogP contribution >= 0.6 is 11.6 Å². The molecule has 10 heteroatoms. The Morgan fingerprint density at radius 1 is 1.21 bits per heavy atom. The molecular formula is C19H23ClN4O4S. The zero-order valence-electron chi connectivity index (χ0n) is 16.1. The highest BCUT2D eigenvalue weighted by Crippen LogP contribution is 2.24. The minimum Gasteiger partial charge on any atom is -0.477 e. The van der Waals surface area contributed by atoms with Crippen molar-refractivity contribution in [2.45, 2.75) is 37.6 Å². The highest BCUT2D eigenvalue weighted by atomic mass is 35.5. The maximum absolute atomic E-state index is 13.0. The van der Waals surface area contributed by atoms with Crippen LogP contribution in [0.3, 0.4) is 0 Å². The first-order valence-electron chi connectivity index (χ1n) is 9.42. The van der Waals surface area contributed by atoms with Gasteiger partial charge in [-0.1, -0.05) is 18.5 Å². The second-order valence-corrected chi connectivity index (χ2v) is 9.14. The van der Waals surface area contributed by atoms with Gasteiger partial charge in [0.05, 0.1) is 11.4 Å². The summed E-state index contributed by atoms with van der Waals surface area (Å²) in [7, 11) is -3.77. The lowest BCUT2D eigenvalue weighted by molar-refractivity contribution is 0.0696. The molecule has 1 fully saturated rings. The van der Waals surface area contributed by atoms with Crippen LogP contribution in [-0.2, 0) is 16.6 Å². The Labute approximate surface area is 175 Å². The lowest BCUT2D eigenvalue weighted by Gasteiger charge is -2.29. The molecule has 2 aromatic rings. The molecule has 0 spiro atoms. The highest BCUT2D eigenvalue weighted by Gasteiger charge is 2.26. The Morgan fingerprint density at radius 3 is 2.45 bits per heavy atom. The lowest BCUT2D eigenvalue weighted by Crippen LogP contribution is -2.34. The summed E-state index contributed by atoms with van der Waals surface area (Å²) in [5.74, 6) is -0.490. The van der Waals surface area contributed by atoms with Crippen molar-refractivity contribution in [1.29, 1.82) is 0 Å². The van der Waals surface area contributed by atoms with Gasteiger partial charge in [-0.05, 0) is 43.5 Å². The second-order valence-electron chi connectivity index (χ2n) is 6.76. The number of halogens is 1. The van der Waals surface area contributed by atoms with Gasteiger partial charge in [0, 0.05) is 30.9 Å². The molecule has 0 bridgehead atoms. The van der Waals surface area contributed by atoms with Crippen LogP contribution in [0, 0.1) is 0 Å². The van der Waals surface area contributed by atoms with Crippen molar-refractivity contribution in [1.82, 2.24) is 14.3 Å². The van der Waals surface area contributed by atoms with Gasteiger partial charge in [0.15, 0.2) is 0 Å². The standard InChI is InChI=1S/C19H23ClN4O4S/c1-2-24(29(27,28)15-8-6-14(20)7-9-15)13-17-21-12-16(19(25)26)18(22-17)23-10-4-3-5-11-23/h6-9,12H,2-5,10-11,13H2,1H3,(H,25,26). The molecule has 1 N–H and O–H groups in total. The molecule has 1 aromatic heterocycles. The molecule has 1 saturated heterocycles. The number of carboxylic acids is 1. The third-order valence-electron chi connectivity index (χ3n) is 4.83. The molecule has 8 nitrogen and oxygen atoms in total. The van der Waals surface area contributed by atoms with Crippen molar-refractivity contribution in [3.05, 3.63) is 46.9 Å². The van der Waals surface area contributed by atoms with Gasteiger partial charge in [-0.15, -0.1) is 0 Å². The van der Waals surface area contributed by atoms with E-state index >= 15 is 0 Å². The summed E-state index contributed by atoms with van der Waals surface area (Å²) in [6, 6.07) is 5.95. The second kappa shape index (κ2) is 9.06. The zero-order chi connectivity index (χ0) is 21.0. The van der Waals surface area contributed by atoms with Crippen molar-refractivity contribution in [2.75, 3.05) is 24.5 Å². The largest absolute Gasteiger partial charge is 0.477 e. The molecule has 2 heterocycles. The summed E-state index contributed by atoms with van der Waals surface area (Å²) < 4.78 is 27.2. The Bertz CT molecular complexity index is 976. The van der Waals surface area contributed by atoms with Crippen LogP contribution in [0.4, 0.5) is 5.82 Å². The first-order valence-corrected chi connectivity index (χ1v) is 11.2. The van der Waals surface area contributed by atoms with Gasteiger partial charge in [0.25, 0.3) is 0 Å². The van der Waals surface area contributed by atoms with Crippen molar-refractivity contribution in [2.24, 2.45) is 0 Å². The fraction of sp³-hybridized carbons (Fsp3) is 0.421. The van der Waals surface area contributed by atoms with E-state index < -0.39 is 16.0 Å². The highest BCUT2D eigenvalue weighted by molar-refractivity contribution is 7.89. The maximum Gasteiger partial charge on any atom is 0.341 e. The van der Waals surface area contributed by atoms with Gasteiger partial charge in [0.1, 0.15) is 17.2 Å². The molecule has 156 valence electrons. The third-order valence-corrected chi connectivity index (χ3v) is 7.01. The average Bonchev–Trinajstić information content (AvgIpc) is 2.72. The molecule has 0 atom stereocenters. The van der Waals surface area contributed by atoms with Crippen LogP contribution in [0.5, 0.6) is 0 Å². The molecule has 0 amide bonds. The smallest absolute Gasteiger partial charge is 0.341 e. The fourth-order valence-corrected chi connectivity index (χ4v) is 4.79. The van der Waals surface area contributed by atoms with Crippen LogP contribution in [0.15, 0.2) is 35.4 Å². The summed E-state index contributed by atoms with van der Waals surface area (Å²) in [4.78, 5) is 22.2. The van der Waals surface area contributed by atoms with Crippen LogP contribution in [-0.4, -0.2) is 53.4 Å². The number of piperidine rings is 1. The molecule has 0 radical (unpaired) electrons. The molecular weight excluding hydrogens is 416 g/mol. The number of aromatic carboxylic acids is 1. The number of carboxylic acid groups (broad SMARTS) is 1. The van der Waals surface area contributed by atoms with E-state index in [4.69, 9.17) is 11.6 Å². The van der Waals surface area contributed by atoms with E-state index in [2.05, 4.69) is 9.97 Å². The van der Waals surface area contributed by atoms with Gasteiger partial charge in [0.2, 0.25) is 10.0 Å². The first-order chi connectivity index (χ1) is 13.8. The number of anilines is 1. The molecule has 29 heavy (non-hydrogen) atoms. The average molecular weight is 439 g/mol. The quantitative estimate of drug-likeness (QED) is 0.708. The Morgan fingerprint density at radius 2 is 1.86 bits per heavy atom. The summed E-state index contributed by atoms with van der Waals surface area (Å²) in [5.41, 5.74) is 0.0271. The minimum atomic E-state index is -3.77. The summed E-state index contributed by atoms with van der Waals surface area (Å²) in [5, 5.41) is 9.94. The van der Waals surface area contributed by atoms with E-state index in [1.165, 1.54) is 34.8 Å². The number of benzene rings is 1. The summed E-state index contributed by atoms with van der Waals surface area (Å²) >= 11 is 5.86. The lowest BCUT2D eigenvalue weighted by atomic mass is 10.1. The summed E-state index contributed by atoms with van der Waals surface area (Å²) in [6.07, 6.45) is 4.28. The van der Waals surface area contributed by atoms with Crippen molar-refractivity contribution in [3.8, 4) is 0 Å². The van der Waals surface area contributed by atoms with Gasteiger partial charge in [-0.2, -0.15) is 4.31 Å². The van der Waals surface area contributed by atoms with Gasteiger partial charge in [-0.25, -0.2) is 23.2 Å². The van der Waals surface area contributed by atoms with Crippen LogP contribution in [0.1, 0.15) is 42.4 Å². The monoisotopic (exact) mass is 438 g/mol. The Kier molecular flexibility index (Phi) is 6.71. The van der Waals surface area contributed by atoms with Gasteiger partial charge < -0.3 is 10.0 Å². The topological polar surface area (TPSA) is 104 Å². The summed E-state index contributed by atoms with van der Waals surface area (Å²) in [6.45, 7) is 3.33. The Hall–Kier alpha value is -2.23. The number of hydrogen-bond donors (Lipinski definition) is 1. The van der Waals surface area contributed by atoms with Crippen LogP contribution in [0.2, 0.25) is 5.02 Å². The minimum absolute atomic E-state index is 0.0271. The van der Waals surface area contributed by atoms with Crippen LogP contribution in [0.25, 0.3) is 0 Å². The Balaban J connectivity index is 1.91. The molecule has 0 aliphatic carbocycles. The maximum atomic E-state index is 13.0. The molecule has 1 aliphatic rings. The van der Waals surface area contributed by atoms with Crippen molar-refractivity contribution >= 4 is 33.4 Å². The zero-order valence-corrected chi connectivity index (χ0v) is 17.7. The van der Waals surface area contributed by atoms with Gasteiger partial charge >= 0.3 is 5.97 Å². The van der Waals surface area contributed by atoms with E-state index in [9.17, 15) is 18.3 Å². The van der Waals surface area contributed by atoms with Crippen molar-refractivity contribution in [3.63, 3.8) is 0 Å². The molecule has 0 saturated carbocycles. The predicted molar refractivity (Wildman–Crippen MR) is 110 cm³/mol. The van der Waals surface area contributed by atoms with E-state index in [-0.39, 0.29) is 29.4 Å². The fourth-order valence-electron chi connectivity index (χ4n) is 3.26. The van der Waals surface area contributed by atoms with E-state index in [0.717, 1.165) is 32.4 Å². The molecule has 1 aliphatic heterocycles. The normalized spacial score (nSPS) is 14.9. The molecule has 1 aromatic carbocycles. The van der Waals surface area contributed by atoms with Crippen LogP contribution < -0.4 is 4.90 Å². The van der Waals surface area contributed by atoms with E-state index in [0.29, 0.717) is 10.8 Å². The third kappa shape index (κ3) is 4.85. The number of sulfonamides is 1. The molecule has 0 unspecified atom stereocenters. The van der Waals surface area contributed by atoms with Crippen molar-refractivity contribution < 1.29 is 18.3 Å².